The maximum atomic E-state index is 12.5. The molecule has 2 heterocycles. The number of likely N-dealkylation sites (tertiary alicyclic amines) is 1. The molecule has 6 nitrogen and oxygen atoms in total. The largest absolute Gasteiger partial charge is 0.395 e. The molecule has 0 saturated carbocycles. The van der Waals surface area contributed by atoms with Gasteiger partial charge in [-0.1, -0.05) is 6.07 Å². The number of β-amino-alcohol motifs (C(OH)–C–C–N with tert-alkyl or cyclic N) is 1. The molecule has 1 aromatic rings. The van der Waals surface area contributed by atoms with E-state index in [0.29, 0.717) is 6.04 Å². The quantitative estimate of drug-likeness (QED) is 0.768. The zero-order chi connectivity index (χ0) is 18.4. The number of carbonyl (C=O) groups excluding carboxylic acids is 1. The Balaban J connectivity index is 1.44. The average molecular weight is 379 g/mol. The van der Waals surface area contributed by atoms with Crippen LogP contribution >= 0.6 is 11.8 Å². The first-order valence-corrected chi connectivity index (χ1v) is 10.7. The molecule has 2 N–H and O–H groups in total. The highest BCUT2D eigenvalue weighted by Gasteiger charge is 2.28. The van der Waals surface area contributed by atoms with E-state index in [4.69, 9.17) is 5.11 Å². The molecule has 2 amide bonds. The second kappa shape index (κ2) is 9.60. The third-order valence-corrected chi connectivity index (χ3v) is 6.14. The maximum Gasteiger partial charge on any atom is 0.321 e. The van der Waals surface area contributed by atoms with E-state index < -0.39 is 0 Å². The molecule has 2 aliphatic heterocycles. The summed E-state index contributed by atoms with van der Waals surface area (Å²) in [6, 6.07) is 8.57. The van der Waals surface area contributed by atoms with Gasteiger partial charge in [0.15, 0.2) is 0 Å². The third kappa shape index (κ3) is 5.13. The van der Waals surface area contributed by atoms with Gasteiger partial charge in [0.2, 0.25) is 0 Å². The molecule has 2 aliphatic rings. The molecule has 0 atom stereocenters. The lowest BCUT2D eigenvalue weighted by atomic mass is 10.0. The Labute approximate surface area is 160 Å². The first-order valence-electron chi connectivity index (χ1n) is 9.47. The fraction of sp³-hybridized carbons (Fsp3) is 0.632. The number of hydrogen-bond acceptors (Lipinski definition) is 5. The van der Waals surface area contributed by atoms with Crippen molar-refractivity contribution >= 4 is 23.5 Å². The molecule has 0 spiro atoms. The molecule has 0 bridgehead atoms. The first-order chi connectivity index (χ1) is 12.7. The van der Waals surface area contributed by atoms with Gasteiger partial charge in [0.1, 0.15) is 0 Å². The van der Waals surface area contributed by atoms with Crippen LogP contribution in [0.15, 0.2) is 29.2 Å². The summed E-state index contributed by atoms with van der Waals surface area (Å²) in [7, 11) is 0. The van der Waals surface area contributed by atoms with Gasteiger partial charge in [0.05, 0.1) is 6.61 Å². The van der Waals surface area contributed by atoms with Crippen molar-refractivity contribution in [2.75, 3.05) is 64.0 Å². The number of nitrogens with one attached hydrogen (secondary N) is 1. The van der Waals surface area contributed by atoms with Crippen LogP contribution in [0.25, 0.3) is 0 Å². The molecule has 26 heavy (non-hydrogen) atoms. The minimum atomic E-state index is 0.00877. The highest BCUT2D eigenvalue weighted by Crippen LogP contribution is 2.21. The van der Waals surface area contributed by atoms with Gasteiger partial charge in [-0.05, 0) is 37.3 Å². The lowest BCUT2D eigenvalue weighted by Crippen LogP contribution is -2.54. The Morgan fingerprint density at radius 2 is 1.92 bits per heavy atom. The summed E-state index contributed by atoms with van der Waals surface area (Å²) in [6.07, 6.45) is 4.12. The Kier molecular flexibility index (Phi) is 7.19. The Morgan fingerprint density at radius 3 is 2.58 bits per heavy atom. The Hall–Kier alpha value is -1.28. The van der Waals surface area contributed by atoms with Gasteiger partial charge in [-0.3, -0.25) is 9.80 Å². The molecular formula is C19H30N4O2S. The van der Waals surface area contributed by atoms with Gasteiger partial charge in [-0.2, -0.15) is 0 Å². The number of carbonyl (C=O) groups is 1. The molecule has 0 unspecified atom stereocenters. The molecule has 1 aromatic carbocycles. The van der Waals surface area contributed by atoms with Gasteiger partial charge < -0.3 is 15.3 Å². The Morgan fingerprint density at radius 1 is 1.19 bits per heavy atom. The fourth-order valence-electron chi connectivity index (χ4n) is 3.83. The topological polar surface area (TPSA) is 59.1 Å². The standard InChI is InChI=1S/C19H30N4O2S/c1-26-18-4-2-3-16(15-18)20-19(25)23-7-5-17(6-8-23)22-11-9-21(10-12-22)13-14-24/h2-4,15,17,24H,5-14H2,1H3,(H,20,25). The van der Waals surface area contributed by atoms with Gasteiger partial charge >= 0.3 is 6.03 Å². The molecular weight excluding hydrogens is 348 g/mol. The van der Waals surface area contributed by atoms with Crippen molar-refractivity contribution < 1.29 is 9.90 Å². The van der Waals surface area contributed by atoms with Gasteiger partial charge in [-0.25, -0.2) is 4.79 Å². The summed E-state index contributed by atoms with van der Waals surface area (Å²) in [5.41, 5.74) is 0.865. The van der Waals surface area contributed by atoms with Crippen LogP contribution in [0.5, 0.6) is 0 Å². The van der Waals surface area contributed by atoms with Gasteiger partial charge in [0.25, 0.3) is 0 Å². The average Bonchev–Trinajstić information content (AvgIpc) is 2.69. The van der Waals surface area contributed by atoms with E-state index in [0.717, 1.165) is 69.2 Å². The summed E-state index contributed by atoms with van der Waals surface area (Å²) < 4.78 is 0. The number of thioether (sulfide) groups is 1. The van der Waals surface area contributed by atoms with E-state index in [9.17, 15) is 4.79 Å². The zero-order valence-electron chi connectivity index (χ0n) is 15.6. The molecule has 2 fully saturated rings. The van der Waals surface area contributed by atoms with Gasteiger partial charge in [0, 0.05) is 62.4 Å². The maximum absolute atomic E-state index is 12.5. The van der Waals surface area contributed by atoms with Crippen LogP contribution in [-0.2, 0) is 0 Å². The van der Waals surface area contributed by atoms with Crippen LogP contribution in [0.4, 0.5) is 10.5 Å². The highest BCUT2D eigenvalue weighted by molar-refractivity contribution is 7.98. The first kappa shape index (κ1) is 19.5. The summed E-state index contributed by atoms with van der Waals surface area (Å²) in [5.74, 6) is 0. The SMILES string of the molecule is CSc1cccc(NC(=O)N2CCC(N3CCN(CCO)CC3)CC2)c1. The predicted octanol–water partition coefficient (Wildman–Crippen LogP) is 2.01. The summed E-state index contributed by atoms with van der Waals surface area (Å²) in [6.45, 7) is 6.86. The number of aliphatic hydroxyl groups excluding tert-OH is 1. The van der Waals surface area contributed by atoms with E-state index in [1.165, 1.54) is 0 Å². The molecule has 3 rings (SSSR count). The molecule has 144 valence electrons. The van der Waals surface area contributed by atoms with E-state index in [-0.39, 0.29) is 12.6 Å². The second-order valence-corrected chi connectivity index (χ2v) is 7.86. The molecule has 0 aliphatic carbocycles. The lowest BCUT2D eigenvalue weighted by molar-refractivity contribution is 0.0598. The van der Waals surface area contributed by atoms with Crippen LogP contribution in [0.3, 0.4) is 0 Å². The number of nitrogens with zero attached hydrogens (tertiary/aromatic N) is 3. The number of anilines is 1. The number of urea groups is 1. The second-order valence-electron chi connectivity index (χ2n) is 6.98. The van der Waals surface area contributed by atoms with Crippen molar-refractivity contribution in [2.24, 2.45) is 0 Å². The van der Waals surface area contributed by atoms with Crippen LogP contribution in [0.2, 0.25) is 0 Å². The number of aliphatic hydroxyl groups is 1. The van der Waals surface area contributed by atoms with Crippen molar-refractivity contribution in [3.63, 3.8) is 0 Å². The molecule has 0 aromatic heterocycles. The smallest absolute Gasteiger partial charge is 0.321 e. The number of hydrogen-bond donors (Lipinski definition) is 2. The number of amides is 2. The molecule has 0 radical (unpaired) electrons. The van der Waals surface area contributed by atoms with Crippen molar-refractivity contribution in [3.8, 4) is 0 Å². The molecule has 7 heteroatoms. The van der Waals surface area contributed by atoms with E-state index in [1.807, 2.05) is 35.4 Å². The minimum Gasteiger partial charge on any atom is -0.395 e. The summed E-state index contributed by atoms with van der Waals surface area (Å²) >= 11 is 1.68. The highest BCUT2D eigenvalue weighted by atomic mass is 32.2. The number of piperidine rings is 1. The number of benzene rings is 1. The van der Waals surface area contributed by atoms with E-state index >= 15 is 0 Å². The summed E-state index contributed by atoms with van der Waals surface area (Å²) in [5, 5.41) is 12.1. The van der Waals surface area contributed by atoms with Crippen LogP contribution in [0.1, 0.15) is 12.8 Å². The van der Waals surface area contributed by atoms with E-state index in [1.54, 1.807) is 11.8 Å². The Bertz CT molecular complexity index is 585. The monoisotopic (exact) mass is 378 g/mol. The molecule has 2 saturated heterocycles. The summed E-state index contributed by atoms with van der Waals surface area (Å²) in [4.78, 5) is 20.5. The lowest BCUT2D eigenvalue weighted by Gasteiger charge is -2.42. The number of piperazine rings is 1. The third-order valence-electron chi connectivity index (χ3n) is 5.41. The normalized spacial score (nSPS) is 20.3. The van der Waals surface area contributed by atoms with Crippen molar-refractivity contribution in [1.82, 2.24) is 14.7 Å². The van der Waals surface area contributed by atoms with Crippen LogP contribution < -0.4 is 5.32 Å². The van der Waals surface area contributed by atoms with Gasteiger partial charge in [-0.15, -0.1) is 11.8 Å². The fourth-order valence-corrected chi connectivity index (χ4v) is 4.29. The number of rotatable bonds is 5. The van der Waals surface area contributed by atoms with Crippen molar-refractivity contribution in [3.05, 3.63) is 24.3 Å². The van der Waals surface area contributed by atoms with Crippen molar-refractivity contribution in [1.29, 1.82) is 0 Å². The van der Waals surface area contributed by atoms with Crippen LogP contribution in [0, 0.1) is 0 Å². The van der Waals surface area contributed by atoms with Crippen LogP contribution in [-0.4, -0.2) is 90.6 Å². The predicted molar refractivity (Wildman–Crippen MR) is 107 cm³/mol. The van der Waals surface area contributed by atoms with E-state index in [2.05, 4.69) is 15.1 Å². The van der Waals surface area contributed by atoms with Crippen molar-refractivity contribution in [2.45, 2.75) is 23.8 Å². The minimum absolute atomic E-state index is 0.00877. The zero-order valence-corrected chi connectivity index (χ0v) is 16.4.